The Bertz CT molecular complexity index is 1160. The number of nitrogens with zero attached hydrogens (tertiary/aromatic N) is 4. The summed E-state index contributed by atoms with van der Waals surface area (Å²) < 4.78 is 6.98. The summed E-state index contributed by atoms with van der Waals surface area (Å²) in [5, 5.41) is 7.25. The Hall–Kier alpha value is -3.32. The molecular formula is C23H22N4O2S. The Morgan fingerprint density at radius 2 is 1.83 bits per heavy atom. The molecule has 0 aliphatic carbocycles. The lowest BCUT2D eigenvalue weighted by atomic mass is 10.1. The second kappa shape index (κ2) is 9.00. The van der Waals surface area contributed by atoms with Crippen LogP contribution in [0.5, 0.6) is 5.75 Å². The minimum atomic E-state index is 0.0332. The quantitative estimate of drug-likeness (QED) is 0.422. The van der Waals surface area contributed by atoms with E-state index < -0.39 is 0 Å². The van der Waals surface area contributed by atoms with E-state index in [9.17, 15) is 4.79 Å². The van der Waals surface area contributed by atoms with Crippen LogP contribution in [-0.4, -0.2) is 45.5 Å². The molecule has 0 bridgehead atoms. The van der Waals surface area contributed by atoms with E-state index in [4.69, 9.17) is 4.74 Å². The van der Waals surface area contributed by atoms with Crippen molar-refractivity contribution in [3.63, 3.8) is 0 Å². The summed E-state index contributed by atoms with van der Waals surface area (Å²) in [5.74, 6) is 1.16. The van der Waals surface area contributed by atoms with Gasteiger partial charge in [-0.05, 0) is 46.7 Å². The third-order valence-electron chi connectivity index (χ3n) is 4.77. The number of carbonyl (C=O) groups excluding carboxylic acids is 1. The fraction of sp³-hybridized carbons (Fsp3) is 0.174. The molecule has 152 valence electrons. The zero-order chi connectivity index (χ0) is 20.9. The normalized spacial score (nSPS) is 10.9. The Kier molecular flexibility index (Phi) is 5.99. The van der Waals surface area contributed by atoms with Gasteiger partial charge >= 0.3 is 0 Å². The molecule has 0 aliphatic rings. The third-order valence-corrected chi connectivity index (χ3v) is 5.61. The van der Waals surface area contributed by atoms with E-state index in [2.05, 4.69) is 22.2 Å². The molecule has 6 nitrogen and oxygen atoms in total. The van der Waals surface area contributed by atoms with Gasteiger partial charge in [0.25, 0.3) is 0 Å². The lowest BCUT2D eigenvalue weighted by Gasteiger charge is -2.17. The number of amides is 1. The molecule has 0 fully saturated rings. The van der Waals surface area contributed by atoms with Gasteiger partial charge < -0.3 is 9.64 Å². The van der Waals surface area contributed by atoms with Gasteiger partial charge in [0.15, 0.2) is 0 Å². The van der Waals surface area contributed by atoms with Crippen molar-refractivity contribution in [3.8, 4) is 11.4 Å². The molecule has 30 heavy (non-hydrogen) atoms. The zero-order valence-corrected chi connectivity index (χ0v) is 17.7. The van der Waals surface area contributed by atoms with Crippen molar-refractivity contribution in [3.05, 3.63) is 78.6 Å². The van der Waals surface area contributed by atoms with Crippen LogP contribution >= 0.6 is 11.8 Å². The molecule has 0 aliphatic heterocycles. The first-order valence-electron chi connectivity index (χ1n) is 9.53. The third kappa shape index (κ3) is 4.63. The van der Waals surface area contributed by atoms with Gasteiger partial charge in [-0.2, -0.15) is 0 Å². The second-order valence-corrected chi connectivity index (χ2v) is 7.84. The zero-order valence-electron chi connectivity index (χ0n) is 16.9. The number of rotatable bonds is 7. The summed E-state index contributed by atoms with van der Waals surface area (Å²) in [7, 11) is 3.48. The van der Waals surface area contributed by atoms with Crippen molar-refractivity contribution < 1.29 is 9.53 Å². The minimum Gasteiger partial charge on any atom is -0.497 e. The topological polar surface area (TPSA) is 60.2 Å². The number of aromatic nitrogens is 3. The maximum absolute atomic E-state index is 12.6. The van der Waals surface area contributed by atoms with Crippen LogP contribution in [0.4, 0.5) is 0 Å². The van der Waals surface area contributed by atoms with Crippen LogP contribution in [0.1, 0.15) is 5.56 Å². The van der Waals surface area contributed by atoms with Gasteiger partial charge in [0.1, 0.15) is 12.1 Å². The molecule has 3 aromatic carbocycles. The predicted octanol–water partition coefficient (Wildman–Crippen LogP) is 4.18. The lowest BCUT2D eigenvalue weighted by molar-refractivity contribution is -0.127. The van der Waals surface area contributed by atoms with Crippen LogP contribution in [-0.2, 0) is 11.3 Å². The number of carbonyl (C=O) groups is 1. The van der Waals surface area contributed by atoms with Crippen molar-refractivity contribution in [1.82, 2.24) is 19.7 Å². The first-order chi connectivity index (χ1) is 14.6. The second-order valence-electron chi connectivity index (χ2n) is 6.89. The van der Waals surface area contributed by atoms with E-state index in [1.807, 2.05) is 61.6 Å². The van der Waals surface area contributed by atoms with Gasteiger partial charge in [-0.25, -0.2) is 9.67 Å². The van der Waals surface area contributed by atoms with Crippen LogP contribution < -0.4 is 4.74 Å². The Morgan fingerprint density at radius 3 is 2.63 bits per heavy atom. The van der Waals surface area contributed by atoms with Crippen molar-refractivity contribution >= 4 is 28.4 Å². The molecule has 0 saturated heterocycles. The largest absolute Gasteiger partial charge is 0.497 e. The lowest BCUT2D eigenvalue weighted by Crippen LogP contribution is -2.27. The summed E-state index contributed by atoms with van der Waals surface area (Å²) in [6, 6.07) is 22.0. The van der Waals surface area contributed by atoms with Gasteiger partial charge in [-0.15, -0.1) is 5.10 Å². The number of ether oxygens (including phenoxy) is 1. The highest BCUT2D eigenvalue weighted by Gasteiger charge is 2.12. The fourth-order valence-corrected chi connectivity index (χ4v) is 3.86. The van der Waals surface area contributed by atoms with E-state index in [-0.39, 0.29) is 5.91 Å². The summed E-state index contributed by atoms with van der Waals surface area (Å²) in [5.41, 5.74) is 2.02. The highest BCUT2D eigenvalue weighted by atomic mass is 32.2. The van der Waals surface area contributed by atoms with Gasteiger partial charge in [-0.1, -0.05) is 48.2 Å². The van der Waals surface area contributed by atoms with Crippen molar-refractivity contribution in [2.45, 2.75) is 11.7 Å². The van der Waals surface area contributed by atoms with Crippen LogP contribution in [0, 0.1) is 0 Å². The molecule has 1 aromatic heterocycles. The maximum atomic E-state index is 12.6. The standard InChI is InChI=1S/C23H22N4O2S/c1-26(14-17-8-9-19-13-21(29-2)11-10-18(19)12-17)22(28)15-30-23-24-16-27(25-23)20-6-4-3-5-7-20/h3-13,16H,14-15H2,1-2H3. The maximum Gasteiger partial charge on any atom is 0.233 e. The van der Waals surface area contributed by atoms with E-state index in [0.29, 0.717) is 17.5 Å². The number of methoxy groups -OCH3 is 1. The Morgan fingerprint density at radius 1 is 1.07 bits per heavy atom. The Balaban J connectivity index is 1.35. The highest BCUT2D eigenvalue weighted by Crippen LogP contribution is 2.22. The number of para-hydroxylation sites is 1. The number of fused-ring (bicyclic) bond motifs is 1. The van der Waals surface area contributed by atoms with Crippen LogP contribution in [0.3, 0.4) is 0 Å². The molecule has 1 heterocycles. The molecule has 4 aromatic rings. The van der Waals surface area contributed by atoms with Crippen molar-refractivity contribution in [2.75, 3.05) is 19.9 Å². The summed E-state index contributed by atoms with van der Waals surface area (Å²) in [4.78, 5) is 18.6. The fourth-order valence-electron chi connectivity index (χ4n) is 3.12. The molecule has 0 saturated carbocycles. The molecule has 4 rings (SSSR count). The van der Waals surface area contributed by atoms with Crippen molar-refractivity contribution in [1.29, 1.82) is 0 Å². The van der Waals surface area contributed by atoms with Crippen LogP contribution in [0.2, 0.25) is 0 Å². The van der Waals surface area contributed by atoms with Crippen LogP contribution in [0.15, 0.2) is 78.2 Å². The number of benzene rings is 3. The molecule has 0 radical (unpaired) electrons. The average Bonchev–Trinajstić information content (AvgIpc) is 3.26. The number of hydrogen-bond donors (Lipinski definition) is 0. The van der Waals surface area contributed by atoms with Gasteiger partial charge in [0.05, 0.1) is 18.6 Å². The summed E-state index contributed by atoms with van der Waals surface area (Å²) in [6.45, 7) is 0.549. The Labute approximate surface area is 179 Å². The van der Waals surface area contributed by atoms with E-state index >= 15 is 0 Å². The molecule has 0 spiro atoms. The monoisotopic (exact) mass is 418 g/mol. The molecule has 0 atom stereocenters. The predicted molar refractivity (Wildman–Crippen MR) is 119 cm³/mol. The van der Waals surface area contributed by atoms with Gasteiger partial charge in [0, 0.05) is 13.6 Å². The van der Waals surface area contributed by atoms with Gasteiger partial charge in [0.2, 0.25) is 11.1 Å². The van der Waals surface area contributed by atoms with E-state index in [0.717, 1.165) is 27.8 Å². The van der Waals surface area contributed by atoms with Crippen LogP contribution in [0.25, 0.3) is 16.5 Å². The van der Waals surface area contributed by atoms with Gasteiger partial charge in [-0.3, -0.25) is 4.79 Å². The van der Waals surface area contributed by atoms with Crippen molar-refractivity contribution in [2.24, 2.45) is 0 Å². The van der Waals surface area contributed by atoms with E-state index in [1.54, 1.807) is 23.0 Å². The highest BCUT2D eigenvalue weighted by molar-refractivity contribution is 7.99. The summed E-state index contributed by atoms with van der Waals surface area (Å²) >= 11 is 1.34. The molecule has 7 heteroatoms. The smallest absolute Gasteiger partial charge is 0.233 e. The molecule has 0 N–H and O–H groups in total. The molecule has 0 unspecified atom stereocenters. The first-order valence-corrected chi connectivity index (χ1v) is 10.5. The van der Waals surface area contributed by atoms with E-state index in [1.165, 1.54) is 11.8 Å². The number of thioether (sulfide) groups is 1. The summed E-state index contributed by atoms with van der Waals surface area (Å²) in [6.07, 6.45) is 1.66. The number of hydrogen-bond acceptors (Lipinski definition) is 5. The average molecular weight is 419 g/mol. The molecular weight excluding hydrogens is 396 g/mol. The SMILES string of the molecule is COc1ccc2cc(CN(C)C(=O)CSc3ncn(-c4ccccc4)n3)ccc2c1. The molecule has 1 amide bonds. The first kappa shape index (κ1) is 20.0. The minimum absolute atomic E-state index is 0.0332.